The molecule has 7 heteroatoms. The van der Waals surface area contributed by atoms with E-state index in [1.54, 1.807) is 17.4 Å². The Hall–Kier alpha value is -3.19. The van der Waals surface area contributed by atoms with Crippen molar-refractivity contribution in [2.24, 2.45) is 0 Å². The highest BCUT2D eigenvalue weighted by Gasteiger charge is 2.26. The molecule has 2 aromatic heterocycles. The van der Waals surface area contributed by atoms with Crippen LogP contribution in [0.25, 0.3) is 22.2 Å². The van der Waals surface area contributed by atoms with Gasteiger partial charge in [0.2, 0.25) is 0 Å². The molecule has 0 radical (unpaired) electrons. The Morgan fingerprint density at radius 1 is 1.21 bits per heavy atom. The molecule has 1 amide bonds. The van der Waals surface area contributed by atoms with Gasteiger partial charge in [0.25, 0.3) is 5.91 Å². The van der Waals surface area contributed by atoms with Gasteiger partial charge in [0.1, 0.15) is 5.52 Å². The molecule has 6 nitrogen and oxygen atoms in total. The van der Waals surface area contributed by atoms with Gasteiger partial charge in [-0.05, 0) is 24.6 Å². The van der Waals surface area contributed by atoms with Gasteiger partial charge in [-0.15, -0.1) is 11.3 Å². The number of amides is 1. The van der Waals surface area contributed by atoms with Crippen molar-refractivity contribution in [1.82, 2.24) is 15.5 Å². The van der Waals surface area contributed by atoms with Crippen molar-refractivity contribution in [3.05, 3.63) is 65.7 Å². The molecule has 0 unspecified atom stereocenters. The zero-order valence-electron chi connectivity index (χ0n) is 15.0. The number of hydrogen-bond donors (Lipinski definition) is 1. The lowest BCUT2D eigenvalue weighted by molar-refractivity contribution is 0.0940. The highest BCUT2D eigenvalue weighted by atomic mass is 32.1. The average molecular weight is 390 g/mol. The van der Waals surface area contributed by atoms with Gasteiger partial charge in [0, 0.05) is 41.8 Å². The summed E-state index contributed by atoms with van der Waals surface area (Å²) in [6.07, 6.45) is 2.72. The molecule has 3 heterocycles. The molecule has 1 N–H and O–H groups in total. The molecule has 1 atom stereocenters. The first-order chi connectivity index (χ1) is 13.8. The predicted octanol–water partition coefficient (Wildman–Crippen LogP) is 3.96. The maximum absolute atomic E-state index is 12.8. The topological polar surface area (TPSA) is 71.3 Å². The number of carbonyl (C=O) groups is 1. The van der Waals surface area contributed by atoms with Crippen molar-refractivity contribution in [3.8, 4) is 11.3 Å². The summed E-state index contributed by atoms with van der Waals surface area (Å²) >= 11 is 1.62. The van der Waals surface area contributed by atoms with Crippen LogP contribution >= 0.6 is 11.3 Å². The molecule has 140 valence electrons. The maximum atomic E-state index is 12.8. The van der Waals surface area contributed by atoms with Gasteiger partial charge in [-0.2, -0.15) is 0 Å². The molecule has 4 aromatic rings. The maximum Gasteiger partial charge on any atom is 0.251 e. The number of carbonyl (C=O) groups excluding carboxylic acids is 1. The molecule has 0 spiro atoms. The molecule has 0 saturated carbocycles. The number of fused-ring (bicyclic) bond motifs is 1. The molecule has 1 aliphatic rings. The monoisotopic (exact) mass is 390 g/mol. The van der Waals surface area contributed by atoms with Gasteiger partial charge in [0.15, 0.2) is 10.9 Å². The minimum atomic E-state index is -0.0758. The quantitative estimate of drug-likeness (QED) is 0.571. The second kappa shape index (κ2) is 7.09. The fraction of sp³-hybridized carbons (Fsp3) is 0.190. The van der Waals surface area contributed by atoms with Gasteiger partial charge >= 0.3 is 0 Å². The third-order valence-electron chi connectivity index (χ3n) is 4.99. The Balaban J connectivity index is 1.35. The second-order valence-electron chi connectivity index (χ2n) is 6.83. The van der Waals surface area contributed by atoms with Crippen molar-refractivity contribution in [3.63, 3.8) is 0 Å². The van der Waals surface area contributed by atoms with Crippen LogP contribution in [0.2, 0.25) is 0 Å². The zero-order chi connectivity index (χ0) is 18.9. The van der Waals surface area contributed by atoms with E-state index in [0.29, 0.717) is 11.3 Å². The molecule has 1 saturated heterocycles. The lowest BCUT2D eigenvalue weighted by Crippen LogP contribution is -2.37. The lowest BCUT2D eigenvalue weighted by Gasteiger charge is -2.15. The van der Waals surface area contributed by atoms with E-state index in [9.17, 15) is 4.79 Å². The molecule has 5 rings (SSSR count). The second-order valence-corrected chi connectivity index (χ2v) is 7.70. The van der Waals surface area contributed by atoms with Crippen molar-refractivity contribution in [2.75, 3.05) is 18.0 Å². The van der Waals surface area contributed by atoms with Crippen LogP contribution in [0.3, 0.4) is 0 Å². The first kappa shape index (κ1) is 16.9. The highest BCUT2D eigenvalue weighted by molar-refractivity contribution is 7.13. The van der Waals surface area contributed by atoms with E-state index >= 15 is 0 Å². The summed E-state index contributed by atoms with van der Waals surface area (Å²) in [5.41, 5.74) is 2.30. The SMILES string of the molecule is O=C(N[C@H]1CCN(c2nccs2)C1)c1ccc2noc(-c3ccccc3)c2c1. The van der Waals surface area contributed by atoms with Gasteiger partial charge in [-0.3, -0.25) is 4.79 Å². The van der Waals surface area contributed by atoms with Crippen molar-refractivity contribution in [2.45, 2.75) is 12.5 Å². The molecule has 1 aliphatic heterocycles. The molecular weight excluding hydrogens is 372 g/mol. The first-order valence-electron chi connectivity index (χ1n) is 9.18. The summed E-state index contributed by atoms with van der Waals surface area (Å²) in [4.78, 5) is 19.4. The molecule has 0 aliphatic carbocycles. The van der Waals surface area contributed by atoms with Crippen molar-refractivity contribution in [1.29, 1.82) is 0 Å². The fourth-order valence-electron chi connectivity index (χ4n) is 3.57. The normalized spacial score (nSPS) is 16.6. The zero-order valence-corrected chi connectivity index (χ0v) is 15.9. The van der Waals surface area contributed by atoms with Crippen LogP contribution in [-0.4, -0.2) is 35.2 Å². The molecular formula is C21H18N4O2S. The van der Waals surface area contributed by atoms with E-state index in [4.69, 9.17) is 4.52 Å². The van der Waals surface area contributed by atoms with E-state index < -0.39 is 0 Å². The van der Waals surface area contributed by atoms with E-state index in [1.807, 2.05) is 54.0 Å². The third kappa shape index (κ3) is 3.14. The Morgan fingerprint density at radius 3 is 2.93 bits per heavy atom. The van der Waals surface area contributed by atoms with Crippen LogP contribution in [0.1, 0.15) is 16.8 Å². The van der Waals surface area contributed by atoms with Crippen LogP contribution in [-0.2, 0) is 0 Å². The van der Waals surface area contributed by atoms with Gasteiger partial charge in [-0.25, -0.2) is 4.98 Å². The number of benzene rings is 2. The van der Waals surface area contributed by atoms with Crippen LogP contribution in [0.15, 0.2) is 64.6 Å². The van der Waals surface area contributed by atoms with Crippen LogP contribution in [0.5, 0.6) is 0 Å². The fourth-order valence-corrected chi connectivity index (χ4v) is 4.25. The number of hydrogen-bond acceptors (Lipinski definition) is 6. The molecule has 2 aromatic carbocycles. The highest BCUT2D eigenvalue weighted by Crippen LogP contribution is 2.29. The van der Waals surface area contributed by atoms with Crippen LogP contribution in [0, 0.1) is 0 Å². The summed E-state index contributed by atoms with van der Waals surface area (Å²) in [6.45, 7) is 1.69. The Labute approximate surface area is 165 Å². The summed E-state index contributed by atoms with van der Waals surface area (Å²) in [7, 11) is 0. The van der Waals surface area contributed by atoms with Crippen LogP contribution < -0.4 is 10.2 Å². The predicted molar refractivity (Wildman–Crippen MR) is 110 cm³/mol. The third-order valence-corrected chi connectivity index (χ3v) is 5.82. The summed E-state index contributed by atoms with van der Waals surface area (Å²) in [5, 5.41) is 11.1. The van der Waals surface area contributed by atoms with E-state index in [-0.39, 0.29) is 11.9 Å². The summed E-state index contributed by atoms with van der Waals surface area (Å²) in [6, 6.07) is 15.4. The van der Waals surface area contributed by atoms with Crippen molar-refractivity contribution >= 4 is 33.3 Å². The lowest BCUT2D eigenvalue weighted by atomic mass is 10.1. The number of nitrogens with one attached hydrogen (secondary N) is 1. The molecule has 0 bridgehead atoms. The number of aromatic nitrogens is 2. The van der Waals surface area contributed by atoms with E-state index in [0.717, 1.165) is 41.1 Å². The summed E-state index contributed by atoms with van der Waals surface area (Å²) in [5.74, 6) is 0.606. The Morgan fingerprint density at radius 2 is 2.11 bits per heavy atom. The minimum Gasteiger partial charge on any atom is -0.355 e. The Kier molecular flexibility index (Phi) is 4.29. The number of anilines is 1. The van der Waals surface area contributed by atoms with E-state index in [1.165, 1.54) is 0 Å². The van der Waals surface area contributed by atoms with Gasteiger partial charge in [0.05, 0.1) is 5.39 Å². The number of rotatable bonds is 4. The smallest absolute Gasteiger partial charge is 0.251 e. The Bertz CT molecular complexity index is 1110. The average Bonchev–Trinajstić information content (AvgIpc) is 3.48. The molecule has 28 heavy (non-hydrogen) atoms. The first-order valence-corrected chi connectivity index (χ1v) is 10.1. The largest absolute Gasteiger partial charge is 0.355 e. The minimum absolute atomic E-state index is 0.0758. The van der Waals surface area contributed by atoms with E-state index in [2.05, 4.69) is 20.4 Å². The van der Waals surface area contributed by atoms with Gasteiger partial charge in [-0.1, -0.05) is 35.5 Å². The molecule has 1 fully saturated rings. The number of thiazole rings is 1. The van der Waals surface area contributed by atoms with Crippen molar-refractivity contribution < 1.29 is 9.32 Å². The standard InChI is InChI=1S/C21H18N4O2S/c26-20(23-16-8-10-25(13-16)21-22-9-11-28-21)15-6-7-18-17(12-15)19(27-24-18)14-4-2-1-3-5-14/h1-7,9,11-12,16H,8,10,13H2,(H,23,26)/t16-/m0/s1. The number of nitrogens with zero attached hydrogens (tertiary/aromatic N) is 3. The summed E-state index contributed by atoms with van der Waals surface area (Å²) < 4.78 is 5.53. The van der Waals surface area contributed by atoms with Crippen LogP contribution in [0.4, 0.5) is 5.13 Å². The van der Waals surface area contributed by atoms with Gasteiger partial charge < -0.3 is 14.7 Å².